The maximum atomic E-state index is 8.91. The average molecular weight is 217 g/mol. The van der Waals surface area contributed by atoms with Gasteiger partial charge in [0.2, 0.25) is 0 Å². The Morgan fingerprint density at radius 2 is 2.06 bits per heavy atom. The van der Waals surface area contributed by atoms with Crippen molar-refractivity contribution >= 4 is 0 Å². The van der Waals surface area contributed by atoms with E-state index in [1.54, 1.807) is 0 Å². The third kappa shape index (κ3) is 3.00. The Bertz CT molecular complexity index is 390. The number of ether oxygens (including phenoxy) is 1. The highest BCUT2D eigenvalue weighted by Gasteiger charge is 2.12. The zero-order valence-electron chi connectivity index (χ0n) is 10.4. The summed E-state index contributed by atoms with van der Waals surface area (Å²) in [5.74, 6) is 1.26. The van der Waals surface area contributed by atoms with Crippen LogP contribution in [0.3, 0.4) is 0 Å². The summed E-state index contributed by atoms with van der Waals surface area (Å²) in [6, 6.07) is 8.33. The van der Waals surface area contributed by atoms with Crippen LogP contribution in [0.25, 0.3) is 0 Å². The Morgan fingerprint density at radius 1 is 1.38 bits per heavy atom. The zero-order chi connectivity index (χ0) is 12.1. The summed E-state index contributed by atoms with van der Waals surface area (Å²) in [5, 5.41) is 8.91. The van der Waals surface area contributed by atoms with Crippen molar-refractivity contribution < 1.29 is 4.74 Å². The Kier molecular flexibility index (Phi) is 4.37. The van der Waals surface area contributed by atoms with Crippen molar-refractivity contribution in [3.8, 4) is 11.8 Å². The van der Waals surface area contributed by atoms with Crippen LogP contribution >= 0.6 is 0 Å². The quantitative estimate of drug-likeness (QED) is 0.768. The van der Waals surface area contributed by atoms with Crippen LogP contribution in [-0.2, 0) is 0 Å². The molecular formula is C14H19NO. The number of aryl methyl sites for hydroxylation is 1. The van der Waals surface area contributed by atoms with Crippen molar-refractivity contribution in [1.29, 1.82) is 5.26 Å². The van der Waals surface area contributed by atoms with E-state index in [4.69, 9.17) is 10.00 Å². The SMILES string of the molecule is CCC(C#N)Oc1cc(C)ccc1C(C)C. The number of nitriles is 1. The first kappa shape index (κ1) is 12.6. The lowest BCUT2D eigenvalue weighted by Gasteiger charge is -2.17. The molecule has 0 bridgehead atoms. The molecule has 0 aliphatic carbocycles. The normalized spacial score (nSPS) is 12.2. The van der Waals surface area contributed by atoms with Gasteiger partial charge in [-0.1, -0.05) is 32.9 Å². The lowest BCUT2D eigenvalue weighted by molar-refractivity contribution is 0.248. The van der Waals surface area contributed by atoms with Crippen LogP contribution in [0.4, 0.5) is 0 Å². The molecule has 0 radical (unpaired) electrons. The molecule has 1 rings (SSSR count). The van der Waals surface area contributed by atoms with E-state index in [2.05, 4.69) is 32.0 Å². The predicted octanol–water partition coefficient (Wildman–Crippen LogP) is 3.80. The van der Waals surface area contributed by atoms with Gasteiger partial charge in [0.1, 0.15) is 11.8 Å². The van der Waals surface area contributed by atoms with Crippen molar-refractivity contribution in [1.82, 2.24) is 0 Å². The zero-order valence-corrected chi connectivity index (χ0v) is 10.4. The number of nitrogens with zero attached hydrogens (tertiary/aromatic N) is 1. The molecule has 0 aromatic heterocycles. The van der Waals surface area contributed by atoms with E-state index in [9.17, 15) is 0 Å². The second-order valence-corrected chi connectivity index (χ2v) is 4.34. The summed E-state index contributed by atoms with van der Waals surface area (Å²) in [4.78, 5) is 0. The molecule has 0 heterocycles. The molecule has 0 spiro atoms. The van der Waals surface area contributed by atoms with Gasteiger partial charge in [0.15, 0.2) is 6.10 Å². The Morgan fingerprint density at radius 3 is 2.56 bits per heavy atom. The van der Waals surface area contributed by atoms with E-state index < -0.39 is 0 Å². The third-order valence-corrected chi connectivity index (χ3v) is 2.58. The number of hydrogen-bond acceptors (Lipinski definition) is 2. The van der Waals surface area contributed by atoms with Gasteiger partial charge in [0.25, 0.3) is 0 Å². The second-order valence-electron chi connectivity index (χ2n) is 4.34. The highest BCUT2D eigenvalue weighted by Crippen LogP contribution is 2.28. The van der Waals surface area contributed by atoms with E-state index in [1.807, 2.05) is 19.9 Å². The first-order valence-corrected chi connectivity index (χ1v) is 5.75. The fourth-order valence-corrected chi connectivity index (χ4v) is 1.57. The van der Waals surface area contributed by atoms with Gasteiger partial charge in [-0.15, -0.1) is 0 Å². The number of hydrogen-bond donors (Lipinski definition) is 0. The van der Waals surface area contributed by atoms with Gasteiger partial charge < -0.3 is 4.74 Å². The summed E-state index contributed by atoms with van der Waals surface area (Å²) in [7, 11) is 0. The van der Waals surface area contributed by atoms with Crippen molar-refractivity contribution in [3.05, 3.63) is 29.3 Å². The van der Waals surface area contributed by atoms with Gasteiger partial charge in [0, 0.05) is 0 Å². The van der Waals surface area contributed by atoms with Crippen molar-refractivity contribution in [3.63, 3.8) is 0 Å². The standard InChI is InChI=1S/C14H19NO/c1-5-12(9-15)16-14-8-11(4)6-7-13(14)10(2)3/h6-8,10,12H,5H2,1-4H3. The number of benzene rings is 1. The molecule has 0 N–H and O–H groups in total. The molecule has 1 unspecified atom stereocenters. The van der Waals surface area contributed by atoms with E-state index in [0.29, 0.717) is 12.3 Å². The molecule has 0 fully saturated rings. The van der Waals surface area contributed by atoms with Gasteiger partial charge in [-0.2, -0.15) is 5.26 Å². The molecule has 0 saturated carbocycles. The van der Waals surface area contributed by atoms with Crippen LogP contribution in [0.1, 0.15) is 44.2 Å². The highest BCUT2D eigenvalue weighted by atomic mass is 16.5. The second kappa shape index (κ2) is 5.55. The first-order chi connectivity index (χ1) is 7.58. The first-order valence-electron chi connectivity index (χ1n) is 5.75. The van der Waals surface area contributed by atoms with Gasteiger partial charge in [0.05, 0.1) is 0 Å². The molecule has 86 valence electrons. The summed E-state index contributed by atoms with van der Waals surface area (Å²) < 4.78 is 5.72. The minimum absolute atomic E-state index is 0.348. The lowest BCUT2D eigenvalue weighted by Crippen LogP contribution is -2.13. The van der Waals surface area contributed by atoms with E-state index in [0.717, 1.165) is 11.3 Å². The van der Waals surface area contributed by atoms with E-state index >= 15 is 0 Å². The molecule has 0 aliphatic heterocycles. The Balaban J connectivity index is 3.01. The highest BCUT2D eigenvalue weighted by molar-refractivity contribution is 5.39. The molecular weight excluding hydrogens is 198 g/mol. The molecule has 1 aromatic rings. The molecule has 2 nitrogen and oxygen atoms in total. The molecule has 0 aliphatic rings. The van der Waals surface area contributed by atoms with Crippen LogP contribution in [-0.4, -0.2) is 6.10 Å². The average Bonchev–Trinajstić information content (AvgIpc) is 2.25. The van der Waals surface area contributed by atoms with Crippen molar-refractivity contribution in [2.45, 2.75) is 46.1 Å². The smallest absolute Gasteiger partial charge is 0.184 e. The van der Waals surface area contributed by atoms with Gasteiger partial charge in [-0.05, 0) is 36.5 Å². The summed E-state index contributed by atoms with van der Waals surface area (Å²) in [5.41, 5.74) is 2.33. The Labute approximate surface area is 97.9 Å². The number of rotatable bonds is 4. The topological polar surface area (TPSA) is 33.0 Å². The fraction of sp³-hybridized carbons (Fsp3) is 0.500. The Hall–Kier alpha value is -1.49. The van der Waals surface area contributed by atoms with E-state index in [1.165, 1.54) is 5.56 Å². The summed E-state index contributed by atoms with van der Waals surface area (Å²) in [6.45, 7) is 8.25. The van der Waals surface area contributed by atoms with Gasteiger partial charge in [-0.25, -0.2) is 0 Å². The van der Waals surface area contributed by atoms with Gasteiger partial charge in [-0.3, -0.25) is 0 Å². The molecule has 1 aromatic carbocycles. The molecule has 0 amide bonds. The van der Waals surface area contributed by atoms with Crippen LogP contribution in [0.15, 0.2) is 18.2 Å². The summed E-state index contributed by atoms with van der Waals surface area (Å²) >= 11 is 0. The lowest BCUT2D eigenvalue weighted by atomic mass is 10.0. The van der Waals surface area contributed by atoms with Crippen LogP contribution in [0.2, 0.25) is 0 Å². The molecule has 0 saturated heterocycles. The van der Waals surface area contributed by atoms with Crippen molar-refractivity contribution in [2.75, 3.05) is 0 Å². The maximum absolute atomic E-state index is 8.91. The van der Waals surface area contributed by atoms with Crippen LogP contribution < -0.4 is 4.74 Å². The molecule has 16 heavy (non-hydrogen) atoms. The molecule has 2 heteroatoms. The van der Waals surface area contributed by atoms with E-state index in [-0.39, 0.29) is 6.10 Å². The van der Waals surface area contributed by atoms with Crippen LogP contribution in [0, 0.1) is 18.3 Å². The van der Waals surface area contributed by atoms with Crippen LogP contribution in [0.5, 0.6) is 5.75 Å². The largest absolute Gasteiger partial charge is 0.475 e. The van der Waals surface area contributed by atoms with Crippen molar-refractivity contribution in [2.24, 2.45) is 0 Å². The minimum Gasteiger partial charge on any atom is -0.475 e. The molecule has 1 atom stereocenters. The predicted molar refractivity (Wildman–Crippen MR) is 65.6 cm³/mol. The monoisotopic (exact) mass is 217 g/mol. The third-order valence-electron chi connectivity index (χ3n) is 2.58. The maximum Gasteiger partial charge on any atom is 0.184 e. The fourth-order valence-electron chi connectivity index (χ4n) is 1.57. The summed E-state index contributed by atoms with van der Waals surface area (Å²) in [6.07, 6.45) is 0.362. The van der Waals surface area contributed by atoms with Gasteiger partial charge >= 0.3 is 0 Å². The minimum atomic E-state index is -0.348.